The summed E-state index contributed by atoms with van der Waals surface area (Å²) < 4.78 is 37.8. The lowest BCUT2D eigenvalue weighted by Gasteiger charge is -2.17. The number of alkyl halides is 3. The largest absolute Gasteiger partial charge is 0.407 e. The Labute approximate surface area is 108 Å². The molecule has 7 heteroatoms. The van der Waals surface area contributed by atoms with Crippen LogP contribution in [-0.4, -0.2) is 6.18 Å². The first kappa shape index (κ1) is 15.2. The van der Waals surface area contributed by atoms with Gasteiger partial charge in [0.25, 0.3) is 0 Å². The highest BCUT2D eigenvalue weighted by Crippen LogP contribution is 2.35. The van der Waals surface area contributed by atoms with Crippen molar-refractivity contribution < 1.29 is 13.2 Å². The molecule has 1 rings (SSSR count). The minimum absolute atomic E-state index is 0. The summed E-state index contributed by atoms with van der Waals surface area (Å²) in [5.74, 6) is 0. The van der Waals surface area contributed by atoms with Crippen LogP contribution in [0.2, 0.25) is 0 Å². The van der Waals surface area contributed by atoms with Gasteiger partial charge in [0.1, 0.15) is 6.04 Å². The summed E-state index contributed by atoms with van der Waals surface area (Å²) in [6.45, 7) is 0. The van der Waals surface area contributed by atoms with E-state index < -0.39 is 12.2 Å². The maximum absolute atomic E-state index is 12.3. The SMILES string of the molecule is Cl.N[C@H](c1cc(Br)ccc1Br)C(F)(F)F. The van der Waals surface area contributed by atoms with E-state index in [1.807, 2.05) is 0 Å². The van der Waals surface area contributed by atoms with Crippen molar-refractivity contribution in [2.24, 2.45) is 5.73 Å². The fraction of sp³-hybridized carbons (Fsp3) is 0.250. The zero-order chi connectivity index (χ0) is 10.9. The van der Waals surface area contributed by atoms with Gasteiger partial charge in [-0.1, -0.05) is 31.9 Å². The first-order chi connectivity index (χ1) is 6.32. The molecule has 0 aromatic heterocycles. The van der Waals surface area contributed by atoms with Crippen LogP contribution >= 0.6 is 44.3 Å². The Morgan fingerprint density at radius 3 is 2.20 bits per heavy atom. The van der Waals surface area contributed by atoms with E-state index in [9.17, 15) is 13.2 Å². The number of rotatable bonds is 1. The highest BCUT2D eigenvalue weighted by Gasteiger charge is 2.38. The molecule has 15 heavy (non-hydrogen) atoms. The normalized spacial score (nSPS) is 13.2. The van der Waals surface area contributed by atoms with Crippen molar-refractivity contribution in [3.05, 3.63) is 32.7 Å². The van der Waals surface area contributed by atoms with E-state index in [4.69, 9.17) is 5.73 Å². The van der Waals surface area contributed by atoms with Crippen LogP contribution in [0.5, 0.6) is 0 Å². The minimum Gasteiger partial charge on any atom is -0.316 e. The molecule has 0 unspecified atom stereocenters. The van der Waals surface area contributed by atoms with Gasteiger partial charge in [-0.15, -0.1) is 12.4 Å². The maximum atomic E-state index is 12.3. The molecule has 1 aromatic rings. The summed E-state index contributed by atoms with van der Waals surface area (Å²) in [5.41, 5.74) is 5.09. The number of benzene rings is 1. The molecular formula is C8H7Br2ClF3N. The van der Waals surface area contributed by atoms with Gasteiger partial charge in [-0.05, 0) is 23.8 Å². The van der Waals surface area contributed by atoms with Gasteiger partial charge in [-0.25, -0.2) is 0 Å². The van der Waals surface area contributed by atoms with Crippen molar-refractivity contribution in [3.8, 4) is 0 Å². The van der Waals surface area contributed by atoms with Gasteiger partial charge in [-0.2, -0.15) is 13.2 Å². The molecule has 2 N–H and O–H groups in total. The third-order valence-electron chi connectivity index (χ3n) is 1.65. The van der Waals surface area contributed by atoms with Crippen molar-refractivity contribution in [2.75, 3.05) is 0 Å². The molecule has 1 atom stereocenters. The molecule has 0 amide bonds. The summed E-state index contributed by atoms with van der Waals surface area (Å²) in [4.78, 5) is 0. The van der Waals surface area contributed by atoms with Crippen LogP contribution in [0, 0.1) is 0 Å². The second-order valence-corrected chi connectivity index (χ2v) is 4.46. The zero-order valence-corrected chi connectivity index (χ0v) is 11.2. The lowest BCUT2D eigenvalue weighted by molar-refractivity contribution is -0.149. The second-order valence-electron chi connectivity index (χ2n) is 2.69. The van der Waals surface area contributed by atoms with Crippen LogP contribution < -0.4 is 5.73 Å². The van der Waals surface area contributed by atoms with Crippen molar-refractivity contribution in [1.29, 1.82) is 0 Å². The molecule has 0 radical (unpaired) electrons. The van der Waals surface area contributed by atoms with Crippen LogP contribution in [0.15, 0.2) is 27.1 Å². The minimum atomic E-state index is -4.43. The number of halogens is 6. The summed E-state index contributed by atoms with van der Waals surface area (Å²) in [5, 5.41) is 0. The van der Waals surface area contributed by atoms with Crippen molar-refractivity contribution in [1.82, 2.24) is 0 Å². The molecule has 0 aliphatic heterocycles. The van der Waals surface area contributed by atoms with Crippen LogP contribution in [0.1, 0.15) is 11.6 Å². The van der Waals surface area contributed by atoms with Gasteiger partial charge < -0.3 is 5.73 Å². The van der Waals surface area contributed by atoms with E-state index in [0.29, 0.717) is 8.95 Å². The van der Waals surface area contributed by atoms with Gasteiger partial charge in [0.05, 0.1) is 0 Å². The second kappa shape index (κ2) is 5.52. The van der Waals surface area contributed by atoms with E-state index in [-0.39, 0.29) is 18.0 Å². The number of hydrogen-bond donors (Lipinski definition) is 1. The van der Waals surface area contributed by atoms with Crippen molar-refractivity contribution in [2.45, 2.75) is 12.2 Å². The molecular weight excluding hydrogens is 362 g/mol. The Kier molecular flexibility index (Phi) is 5.60. The molecule has 0 spiro atoms. The molecule has 0 aliphatic rings. The molecule has 0 bridgehead atoms. The van der Waals surface area contributed by atoms with Crippen LogP contribution in [0.3, 0.4) is 0 Å². The van der Waals surface area contributed by atoms with Gasteiger partial charge in [-0.3, -0.25) is 0 Å². The lowest BCUT2D eigenvalue weighted by atomic mass is 10.1. The average Bonchev–Trinajstić information content (AvgIpc) is 2.06. The summed E-state index contributed by atoms with van der Waals surface area (Å²) in [6, 6.07) is 2.54. The molecule has 0 saturated heterocycles. The quantitative estimate of drug-likeness (QED) is 0.789. The van der Waals surface area contributed by atoms with Crippen LogP contribution in [-0.2, 0) is 0 Å². The predicted octanol–water partition coefficient (Wildman–Crippen LogP) is 4.20. The van der Waals surface area contributed by atoms with E-state index in [1.54, 1.807) is 6.07 Å². The fourth-order valence-corrected chi connectivity index (χ4v) is 1.80. The molecule has 86 valence electrons. The number of hydrogen-bond acceptors (Lipinski definition) is 1. The van der Waals surface area contributed by atoms with Crippen molar-refractivity contribution >= 4 is 44.3 Å². The average molecular weight is 369 g/mol. The molecule has 1 aromatic carbocycles. The van der Waals surface area contributed by atoms with Gasteiger partial charge >= 0.3 is 6.18 Å². The highest BCUT2D eigenvalue weighted by atomic mass is 79.9. The Bertz CT molecular complexity index is 343. The lowest BCUT2D eigenvalue weighted by Crippen LogP contribution is -2.28. The Morgan fingerprint density at radius 2 is 1.73 bits per heavy atom. The smallest absolute Gasteiger partial charge is 0.316 e. The summed E-state index contributed by atoms with van der Waals surface area (Å²) in [7, 11) is 0. The maximum Gasteiger partial charge on any atom is 0.407 e. The summed E-state index contributed by atoms with van der Waals surface area (Å²) >= 11 is 6.11. The molecule has 0 aliphatic carbocycles. The molecule has 0 fully saturated rings. The van der Waals surface area contributed by atoms with Crippen molar-refractivity contribution in [3.63, 3.8) is 0 Å². The molecule has 0 heterocycles. The Balaban J connectivity index is 0.00000196. The van der Waals surface area contributed by atoms with E-state index in [2.05, 4.69) is 31.9 Å². The van der Waals surface area contributed by atoms with Gasteiger partial charge in [0.15, 0.2) is 0 Å². The Hall–Kier alpha value is 0.220. The first-order valence-electron chi connectivity index (χ1n) is 3.59. The topological polar surface area (TPSA) is 26.0 Å². The highest BCUT2D eigenvalue weighted by molar-refractivity contribution is 9.11. The summed E-state index contributed by atoms with van der Waals surface area (Å²) in [6.07, 6.45) is -4.43. The third-order valence-corrected chi connectivity index (χ3v) is 2.86. The van der Waals surface area contributed by atoms with Gasteiger partial charge in [0.2, 0.25) is 0 Å². The fourth-order valence-electron chi connectivity index (χ4n) is 0.929. The number of nitrogens with two attached hydrogens (primary N) is 1. The van der Waals surface area contributed by atoms with Crippen LogP contribution in [0.25, 0.3) is 0 Å². The van der Waals surface area contributed by atoms with Crippen LogP contribution in [0.4, 0.5) is 13.2 Å². The van der Waals surface area contributed by atoms with E-state index >= 15 is 0 Å². The monoisotopic (exact) mass is 367 g/mol. The van der Waals surface area contributed by atoms with E-state index in [0.717, 1.165) is 0 Å². The first-order valence-corrected chi connectivity index (χ1v) is 5.18. The van der Waals surface area contributed by atoms with Gasteiger partial charge in [0, 0.05) is 8.95 Å². The molecule has 1 nitrogen and oxygen atoms in total. The molecule has 0 saturated carbocycles. The van der Waals surface area contributed by atoms with E-state index in [1.165, 1.54) is 12.1 Å². The zero-order valence-electron chi connectivity index (χ0n) is 7.18. The standard InChI is InChI=1S/C8H6Br2F3N.ClH/c9-4-1-2-6(10)5(3-4)7(14)8(11,12)13;/h1-3,7H,14H2;1H/t7-;/m1./s1. The third kappa shape index (κ3) is 3.94. The predicted molar refractivity (Wildman–Crippen MR) is 62.1 cm³/mol. The Morgan fingerprint density at radius 1 is 1.20 bits per heavy atom.